The summed E-state index contributed by atoms with van der Waals surface area (Å²) in [7, 11) is -4.60. The van der Waals surface area contributed by atoms with Crippen LogP contribution in [0.1, 0.15) is 73.9 Å². The number of nitriles is 1. The average Bonchev–Trinajstić information content (AvgIpc) is 3.60. The van der Waals surface area contributed by atoms with Crippen molar-refractivity contribution in [3.8, 4) is 6.07 Å². The van der Waals surface area contributed by atoms with Gasteiger partial charge in [-0.15, -0.1) is 0 Å². The first-order valence-electron chi connectivity index (χ1n) is 15.9. The van der Waals surface area contributed by atoms with Gasteiger partial charge in [-0.3, -0.25) is 28.2 Å². The Balaban J connectivity index is 1.98. The third kappa shape index (κ3) is 9.55. The Labute approximate surface area is 289 Å². The number of fused-ring (bicyclic) bond motifs is 1. The van der Waals surface area contributed by atoms with Gasteiger partial charge < -0.3 is 29.4 Å². The second-order valence-electron chi connectivity index (χ2n) is 12.7. The van der Waals surface area contributed by atoms with Crippen molar-refractivity contribution in [2.45, 2.75) is 98.2 Å². The fourth-order valence-electron chi connectivity index (χ4n) is 4.96. The molecule has 1 fully saturated rings. The summed E-state index contributed by atoms with van der Waals surface area (Å²) in [5.41, 5.74) is 3.22. The lowest BCUT2D eigenvalue weighted by Gasteiger charge is -2.28. The number of hydrogen-bond acceptors (Lipinski definition) is 16. The molecule has 50 heavy (non-hydrogen) atoms. The van der Waals surface area contributed by atoms with Crippen LogP contribution in [-0.4, -0.2) is 82.8 Å². The van der Waals surface area contributed by atoms with Crippen molar-refractivity contribution in [1.82, 2.24) is 19.7 Å². The molecule has 2 aromatic rings. The number of nitrogens with one attached hydrogen (secondary N) is 1. The molecule has 1 unspecified atom stereocenters. The van der Waals surface area contributed by atoms with E-state index in [1.54, 1.807) is 20.8 Å². The first-order valence-corrected chi connectivity index (χ1v) is 17.5. The van der Waals surface area contributed by atoms with Gasteiger partial charge in [-0.05, 0) is 45.7 Å². The van der Waals surface area contributed by atoms with E-state index in [0.29, 0.717) is 5.52 Å². The molecule has 3 heterocycles. The van der Waals surface area contributed by atoms with Crippen LogP contribution < -0.4 is 10.8 Å². The molecule has 0 amide bonds. The molecular weight excluding hydrogens is 679 g/mol. The summed E-state index contributed by atoms with van der Waals surface area (Å²) in [5, 5.41) is 17.2. The van der Waals surface area contributed by atoms with Gasteiger partial charge in [-0.2, -0.15) is 10.4 Å². The van der Waals surface area contributed by atoms with E-state index in [0.717, 1.165) is 33.0 Å². The quantitative estimate of drug-likeness (QED) is 0.109. The molecule has 3 rings (SSSR count). The highest BCUT2D eigenvalue weighted by Gasteiger charge is 2.62. The largest absolute Gasteiger partial charge is 0.464 e. The summed E-state index contributed by atoms with van der Waals surface area (Å²) in [4.78, 5) is 53.8. The van der Waals surface area contributed by atoms with Gasteiger partial charge in [0.1, 0.15) is 30.1 Å². The van der Waals surface area contributed by atoms with Crippen LogP contribution in [-0.2, 0) is 62.1 Å². The second-order valence-corrected chi connectivity index (χ2v) is 14.4. The predicted molar refractivity (Wildman–Crippen MR) is 173 cm³/mol. The number of nitrogen functional groups attached to an aromatic ring is 1. The maximum absolute atomic E-state index is 14.1. The standard InChI is InChI=1S/C31H45N6O12P/c1-9-21(10-2)13-43-28(40)18(3)36-50(42,46-17-44-29(41)30(6,7)8)45-14-23-25(47-19(4)38)26(48-20(5)39)31(15-32,49-23)24-12-11-22-27(33)34-16-35-37(22)24/h11-12,16,18,21,23,25-26H,9-10,13-14,17H2,1-8H3,(H,36,42)(H2,33,34,35)/t18-,23+,25+,26+,31-,50?/m0/s1. The highest BCUT2D eigenvalue weighted by molar-refractivity contribution is 7.51. The molecule has 3 N–H and O–H groups in total. The van der Waals surface area contributed by atoms with Gasteiger partial charge in [0, 0.05) is 13.8 Å². The third-order valence-corrected chi connectivity index (χ3v) is 9.42. The van der Waals surface area contributed by atoms with E-state index in [9.17, 15) is 29.0 Å². The van der Waals surface area contributed by atoms with E-state index in [4.69, 9.17) is 38.5 Å². The average molecular weight is 725 g/mol. The van der Waals surface area contributed by atoms with Crippen LogP contribution in [0.4, 0.5) is 5.82 Å². The van der Waals surface area contributed by atoms with Gasteiger partial charge in [-0.25, -0.2) is 19.2 Å². The lowest BCUT2D eigenvalue weighted by Crippen LogP contribution is -2.45. The minimum absolute atomic E-state index is 0.0375. The van der Waals surface area contributed by atoms with Crippen molar-refractivity contribution in [2.75, 3.05) is 25.7 Å². The van der Waals surface area contributed by atoms with Gasteiger partial charge in [0.05, 0.1) is 24.3 Å². The molecule has 0 spiro atoms. The number of aromatic nitrogens is 3. The number of nitrogens with zero attached hydrogens (tertiary/aromatic N) is 4. The molecule has 6 atom stereocenters. The first-order chi connectivity index (χ1) is 23.4. The molecule has 276 valence electrons. The number of rotatable bonds is 16. The zero-order valence-corrected chi connectivity index (χ0v) is 30.3. The fourth-order valence-corrected chi connectivity index (χ4v) is 6.30. The van der Waals surface area contributed by atoms with Crippen molar-refractivity contribution in [2.24, 2.45) is 11.3 Å². The molecule has 0 bridgehead atoms. The molecule has 1 aliphatic heterocycles. The summed E-state index contributed by atoms with van der Waals surface area (Å²) in [6.07, 6.45) is -1.86. The Kier molecular flexibility index (Phi) is 13.5. The van der Waals surface area contributed by atoms with Gasteiger partial charge in [0.2, 0.25) is 12.4 Å². The smallest absolute Gasteiger partial charge is 0.409 e. The van der Waals surface area contributed by atoms with Crippen LogP contribution in [0.2, 0.25) is 0 Å². The third-order valence-electron chi connectivity index (χ3n) is 7.78. The lowest BCUT2D eigenvalue weighted by molar-refractivity contribution is -0.166. The highest BCUT2D eigenvalue weighted by Crippen LogP contribution is 2.48. The van der Waals surface area contributed by atoms with Crippen LogP contribution in [0.25, 0.3) is 5.52 Å². The van der Waals surface area contributed by atoms with Crippen molar-refractivity contribution in [3.63, 3.8) is 0 Å². The van der Waals surface area contributed by atoms with Gasteiger partial charge in [0.15, 0.2) is 18.0 Å². The summed E-state index contributed by atoms with van der Waals surface area (Å²) in [5.74, 6) is -2.92. The van der Waals surface area contributed by atoms with E-state index in [2.05, 4.69) is 15.2 Å². The van der Waals surface area contributed by atoms with Crippen molar-refractivity contribution >= 4 is 43.0 Å². The minimum atomic E-state index is -4.60. The number of ether oxygens (including phenoxy) is 5. The van der Waals surface area contributed by atoms with Crippen molar-refractivity contribution < 1.29 is 56.5 Å². The van der Waals surface area contributed by atoms with Crippen LogP contribution in [0.5, 0.6) is 0 Å². The number of carbonyl (C=O) groups is 4. The fraction of sp³-hybridized carbons (Fsp3) is 0.645. The van der Waals surface area contributed by atoms with Crippen LogP contribution >= 0.6 is 7.75 Å². The number of esters is 4. The van der Waals surface area contributed by atoms with Crippen molar-refractivity contribution in [3.05, 3.63) is 24.2 Å². The van der Waals surface area contributed by atoms with Crippen LogP contribution in [0.3, 0.4) is 0 Å². The summed E-state index contributed by atoms with van der Waals surface area (Å²) < 4.78 is 54.2. The van der Waals surface area contributed by atoms with Gasteiger partial charge in [-0.1, -0.05) is 26.7 Å². The molecule has 19 heteroatoms. The zero-order chi connectivity index (χ0) is 37.4. The van der Waals surface area contributed by atoms with E-state index in [1.807, 2.05) is 19.9 Å². The highest BCUT2D eigenvalue weighted by atomic mass is 31.2. The first kappa shape index (κ1) is 40.3. The maximum atomic E-state index is 14.1. The Hall–Kier alpha value is -4.14. The predicted octanol–water partition coefficient (Wildman–Crippen LogP) is 2.94. The van der Waals surface area contributed by atoms with E-state index in [-0.39, 0.29) is 24.0 Å². The molecule has 0 saturated carbocycles. The Morgan fingerprint density at radius 1 is 1.12 bits per heavy atom. The van der Waals surface area contributed by atoms with Gasteiger partial charge >= 0.3 is 31.6 Å². The number of anilines is 1. The normalized spacial score (nSPS) is 22.4. The SMILES string of the molecule is CCC(CC)COC(=O)[C@H](C)NP(=O)(OCOC(=O)C(C)(C)C)OC[C@H]1O[C@@](C#N)(c2ccc3c(N)ncnn23)[C@H](OC(C)=O)[C@@H]1OC(C)=O. The Bertz CT molecular complexity index is 1630. The zero-order valence-electron chi connectivity index (χ0n) is 29.4. The van der Waals surface area contributed by atoms with Crippen LogP contribution in [0, 0.1) is 22.7 Å². The maximum Gasteiger partial charge on any atom is 0.409 e. The Morgan fingerprint density at radius 2 is 1.78 bits per heavy atom. The summed E-state index contributed by atoms with van der Waals surface area (Å²) >= 11 is 0. The number of carbonyl (C=O) groups excluding carboxylic acids is 4. The monoisotopic (exact) mass is 724 g/mol. The molecular formula is C31H45N6O12P. The van der Waals surface area contributed by atoms with Crippen LogP contribution in [0.15, 0.2) is 18.5 Å². The molecule has 1 saturated heterocycles. The Morgan fingerprint density at radius 3 is 2.36 bits per heavy atom. The molecule has 0 aromatic carbocycles. The number of nitrogens with two attached hydrogens (primary N) is 1. The molecule has 1 aliphatic rings. The van der Waals surface area contributed by atoms with E-state index >= 15 is 0 Å². The lowest BCUT2D eigenvalue weighted by atomic mass is 9.92. The summed E-state index contributed by atoms with van der Waals surface area (Å²) in [6.45, 7) is 10.8. The second kappa shape index (κ2) is 16.7. The molecule has 2 aromatic heterocycles. The van der Waals surface area contributed by atoms with E-state index in [1.165, 1.54) is 23.6 Å². The number of hydrogen-bond donors (Lipinski definition) is 2. The van der Waals surface area contributed by atoms with Crippen molar-refractivity contribution in [1.29, 1.82) is 5.26 Å². The minimum Gasteiger partial charge on any atom is -0.464 e. The molecule has 0 radical (unpaired) electrons. The van der Waals surface area contributed by atoms with Gasteiger partial charge in [0.25, 0.3) is 0 Å². The molecule has 18 nitrogen and oxygen atoms in total. The topological polar surface area (TPSA) is 242 Å². The van der Waals surface area contributed by atoms with E-state index < -0.39 is 80.4 Å². The summed E-state index contributed by atoms with van der Waals surface area (Å²) in [6, 6.07) is 3.73. The molecule has 0 aliphatic carbocycles.